The molecule has 2 aromatic heterocycles. The normalized spacial score (nSPS) is 10.8. The van der Waals surface area contributed by atoms with E-state index in [-0.39, 0.29) is 17.3 Å². The van der Waals surface area contributed by atoms with Crippen molar-refractivity contribution in [1.29, 1.82) is 0 Å². The summed E-state index contributed by atoms with van der Waals surface area (Å²) in [6.07, 6.45) is 2.60. The van der Waals surface area contributed by atoms with Crippen LogP contribution in [0, 0.1) is 10.1 Å². The third kappa shape index (κ3) is 4.23. The molecule has 3 aromatic rings. The molecule has 10 nitrogen and oxygen atoms in total. The zero-order valence-corrected chi connectivity index (χ0v) is 15.5. The number of aromatic nitrogens is 5. The van der Waals surface area contributed by atoms with Gasteiger partial charge in [-0.25, -0.2) is 9.67 Å². The van der Waals surface area contributed by atoms with Gasteiger partial charge in [-0.15, -0.1) is 5.10 Å². The van der Waals surface area contributed by atoms with Crippen LogP contribution in [0.5, 0.6) is 0 Å². The van der Waals surface area contributed by atoms with E-state index in [1.54, 1.807) is 25.1 Å². The minimum Gasteiger partial charge on any atom is -0.287 e. The fraction of sp³-hybridized carbons (Fsp3) is 0.200. The highest BCUT2D eigenvalue weighted by Gasteiger charge is 2.26. The number of benzene rings is 1. The summed E-state index contributed by atoms with van der Waals surface area (Å²) in [6.45, 7) is 2.45. The second kappa shape index (κ2) is 7.72. The van der Waals surface area contributed by atoms with Crippen molar-refractivity contribution < 1.29 is 9.72 Å². The number of halogens is 2. The van der Waals surface area contributed by atoms with Gasteiger partial charge >= 0.3 is 5.69 Å². The predicted octanol–water partition coefficient (Wildman–Crippen LogP) is 3.01. The number of nitrogens with zero attached hydrogens (tertiary/aromatic N) is 6. The molecule has 27 heavy (non-hydrogen) atoms. The Kier molecular flexibility index (Phi) is 5.38. The molecular weight excluding hydrogens is 397 g/mol. The molecule has 0 aliphatic carbocycles. The van der Waals surface area contributed by atoms with E-state index < -0.39 is 10.8 Å². The summed E-state index contributed by atoms with van der Waals surface area (Å²) in [4.78, 5) is 26.7. The summed E-state index contributed by atoms with van der Waals surface area (Å²) in [5, 5.41) is 22.5. The van der Waals surface area contributed by atoms with Gasteiger partial charge in [-0.05, 0) is 24.6 Å². The van der Waals surface area contributed by atoms with E-state index in [0.717, 1.165) is 5.56 Å². The Morgan fingerprint density at radius 1 is 1.30 bits per heavy atom. The third-order valence-corrected chi connectivity index (χ3v) is 4.17. The molecule has 0 unspecified atom stereocenters. The summed E-state index contributed by atoms with van der Waals surface area (Å²) in [5.41, 5.74) is 0.0712. The van der Waals surface area contributed by atoms with Crippen molar-refractivity contribution in [3.8, 4) is 0 Å². The van der Waals surface area contributed by atoms with Gasteiger partial charge in [-0.3, -0.25) is 24.9 Å². The Labute approximate surface area is 162 Å². The minimum atomic E-state index is -0.767. The largest absolute Gasteiger partial charge is 0.320 e. The number of hydrogen-bond donors (Lipinski definition) is 1. The first kappa shape index (κ1) is 18.8. The van der Waals surface area contributed by atoms with E-state index >= 15 is 0 Å². The number of amides is 1. The van der Waals surface area contributed by atoms with Crippen LogP contribution in [-0.2, 0) is 13.1 Å². The fourth-order valence-corrected chi connectivity index (χ4v) is 2.75. The second-order valence-corrected chi connectivity index (χ2v) is 6.27. The molecule has 0 fully saturated rings. The molecule has 0 aliphatic heterocycles. The number of hydrogen-bond acceptors (Lipinski definition) is 6. The average Bonchev–Trinajstić information content (AvgIpc) is 3.24. The maximum absolute atomic E-state index is 12.3. The van der Waals surface area contributed by atoms with Crippen LogP contribution in [0.15, 0.2) is 30.7 Å². The van der Waals surface area contributed by atoms with E-state index in [9.17, 15) is 14.9 Å². The Hall–Kier alpha value is -2.98. The number of nitro groups is 1. The number of carbonyl (C=O) groups is 1. The Balaban J connectivity index is 1.75. The quantitative estimate of drug-likeness (QED) is 0.493. The van der Waals surface area contributed by atoms with Crippen molar-refractivity contribution in [2.75, 3.05) is 5.32 Å². The summed E-state index contributed by atoms with van der Waals surface area (Å²) in [5.74, 6) is -0.776. The summed E-state index contributed by atoms with van der Waals surface area (Å²) in [7, 11) is 0. The molecule has 140 valence electrons. The Bertz CT molecular complexity index is 1010. The van der Waals surface area contributed by atoms with Crippen LogP contribution in [0.1, 0.15) is 23.0 Å². The molecule has 0 saturated carbocycles. The topological polar surface area (TPSA) is 121 Å². The van der Waals surface area contributed by atoms with Crippen molar-refractivity contribution in [2.45, 2.75) is 20.0 Å². The summed E-state index contributed by atoms with van der Waals surface area (Å²) >= 11 is 12.0. The van der Waals surface area contributed by atoms with Gasteiger partial charge in [-0.1, -0.05) is 29.3 Å². The predicted molar refractivity (Wildman–Crippen MR) is 98.1 cm³/mol. The maximum Gasteiger partial charge on any atom is 0.320 e. The van der Waals surface area contributed by atoms with Crippen LogP contribution < -0.4 is 5.32 Å². The minimum absolute atomic E-state index is 0.00886. The van der Waals surface area contributed by atoms with Crippen LogP contribution in [0.4, 0.5) is 11.6 Å². The number of carbonyl (C=O) groups excluding carboxylic acids is 1. The standard InChI is InChI=1S/C15H13Cl2N7O3/c1-2-22-7-12(24(26)27)13(20-22)14(25)19-15-18-8-23(21-15)6-9-3-4-10(16)5-11(9)17/h3-5,7-8H,2,6H2,1H3,(H,19,21,25). The van der Waals surface area contributed by atoms with Gasteiger partial charge in [0.15, 0.2) is 0 Å². The van der Waals surface area contributed by atoms with E-state index in [1.165, 1.54) is 21.9 Å². The molecule has 0 spiro atoms. The summed E-state index contributed by atoms with van der Waals surface area (Å²) in [6, 6.07) is 5.07. The molecule has 0 aliphatic rings. The van der Waals surface area contributed by atoms with E-state index in [4.69, 9.17) is 23.2 Å². The van der Waals surface area contributed by atoms with E-state index in [1.807, 2.05) is 0 Å². The molecule has 1 amide bonds. The molecule has 0 saturated heterocycles. The van der Waals surface area contributed by atoms with Crippen LogP contribution >= 0.6 is 23.2 Å². The second-order valence-electron chi connectivity index (χ2n) is 5.43. The van der Waals surface area contributed by atoms with Crippen molar-refractivity contribution in [3.63, 3.8) is 0 Å². The van der Waals surface area contributed by atoms with Crippen molar-refractivity contribution in [2.24, 2.45) is 0 Å². The first-order valence-corrected chi connectivity index (χ1v) is 8.49. The number of aryl methyl sites for hydroxylation is 1. The van der Waals surface area contributed by atoms with Crippen LogP contribution in [0.3, 0.4) is 0 Å². The first-order chi connectivity index (χ1) is 12.9. The van der Waals surface area contributed by atoms with Gasteiger partial charge in [0.05, 0.1) is 11.5 Å². The zero-order chi connectivity index (χ0) is 19.6. The average molecular weight is 410 g/mol. The molecule has 2 heterocycles. The van der Waals surface area contributed by atoms with Crippen LogP contribution in [0.2, 0.25) is 10.0 Å². The molecule has 0 atom stereocenters. The number of rotatable bonds is 6. The molecule has 0 radical (unpaired) electrons. The van der Waals surface area contributed by atoms with Gasteiger partial charge in [-0.2, -0.15) is 5.10 Å². The van der Waals surface area contributed by atoms with Gasteiger partial charge < -0.3 is 0 Å². The van der Waals surface area contributed by atoms with Crippen LogP contribution in [0.25, 0.3) is 0 Å². The molecule has 1 aromatic carbocycles. The van der Waals surface area contributed by atoms with Crippen LogP contribution in [-0.4, -0.2) is 35.4 Å². The molecule has 12 heteroatoms. The SMILES string of the molecule is CCn1cc([N+](=O)[O-])c(C(=O)Nc2ncn(Cc3ccc(Cl)cc3Cl)n2)n1. The molecule has 1 N–H and O–H groups in total. The number of nitrogens with one attached hydrogen (secondary N) is 1. The van der Waals surface area contributed by atoms with Crippen molar-refractivity contribution in [1.82, 2.24) is 24.5 Å². The molecule has 0 bridgehead atoms. The van der Waals surface area contributed by atoms with Crippen molar-refractivity contribution >= 4 is 40.7 Å². The van der Waals surface area contributed by atoms with Gasteiger partial charge in [0.2, 0.25) is 11.6 Å². The fourth-order valence-electron chi connectivity index (χ4n) is 2.28. The lowest BCUT2D eigenvalue weighted by Crippen LogP contribution is -2.16. The Morgan fingerprint density at radius 2 is 2.07 bits per heavy atom. The smallest absolute Gasteiger partial charge is 0.287 e. The number of anilines is 1. The first-order valence-electron chi connectivity index (χ1n) is 7.74. The highest BCUT2D eigenvalue weighted by Crippen LogP contribution is 2.22. The lowest BCUT2D eigenvalue weighted by molar-refractivity contribution is -0.385. The molecular formula is C15H13Cl2N7O3. The lowest BCUT2D eigenvalue weighted by Gasteiger charge is -2.04. The summed E-state index contributed by atoms with van der Waals surface area (Å²) < 4.78 is 2.77. The van der Waals surface area contributed by atoms with Gasteiger partial charge in [0.25, 0.3) is 5.91 Å². The lowest BCUT2D eigenvalue weighted by atomic mass is 10.2. The van der Waals surface area contributed by atoms with Gasteiger partial charge in [0.1, 0.15) is 12.5 Å². The maximum atomic E-state index is 12.3. The van der Waals surface area contributed by atoms with E-state index in [0.29, 0.717) is 23.1 Å². The van der Waals surface area contributed by atoms with Gasteiger partial charge in [0, 0.05) is 16.6 Å². The third-order valence-electron chi connectivity index (χ3n) is 3.59. The highest BCUT2D eigenvalue weighted by molar-refractivity contribution is 6.35. The van der Waals surface area contributed by atoms with E-state index in [2.05, 4.69) is 20.5 Å². The monoisotopic (exact) mass is 409 g/mol. The molecule has 3 rings (SSSR count). The zero-order valence-electron chi connectivity index (χ0n) is 14.0. The van der Waals surface area contributed by atoms with Crippen molar-refractivity contribution in [3.05, 3.63) is 62.1 Å². The Morgan fingerprint density at radius 3 is 2.74 bits per heavy atom. The highest BCUT2D eigenvalue weighted by atomic mass is 35.5.